The molecule has 0 aliphatic rings. The number of rotatable bonds is 2. The van der Waals surface area contributed by atoms with E-state index in [4.69, 9.17) is 0 Å². The maximum Gasteiger partial charge on any atom is 0.261 e. The highest BCUT2D eigenvalue weighted by Crippen LogP contribution is 2.20. The van der Waals surface area contributed by atoms with Gasteiger partial charge in [0.05, 0.1) is 22.8 Å². The number of aldehydes is 1. The van der Waals surface area contributed by atoms with Crippen molar-refractivity contribution in [1.29, 1.82) is 0 Å². The molecule has 0 amide bonds. The second-order valence-electron chi connectivity index (χ2n) is 4.10. The highest BCUT2D eigenvalue weighted by Gasteiger charge is 2.10. The fraction of sp³-hybridized carbons (Fsp3) is 0.250. The number of carbonyl (C=O) groups is 1. The van der Waals surface area contributed by atoms with E-state index >= 15 is 0 Å². The minimum atomic E-state index is -0.215. The van der Waals surface area contributed by atoms with Crippen LogP contribution in [0.15, 0.2) is 23.3 Å². The van der Waals surface area contributed by atoms with Crippen LogP contribution in [0.3, 0.4) is 0 Å². The van der Waals surface area contributed by atoms with Gasteiger partial charge in [-0.15, -0.1) is 0 Å². The molecule has 88 valence electrons. The smallest absolute Gasteiger partial charge is 0.261 e. The van der Waals surface area contributed by atoms with E-state index in [1.807, 2.05) is 13.8 Å². The average Bonchev–Trinajstić information content (AvgIpc) is 2.28. The third-order valence-electron chi connectivity index (χ3n) is 2.61. The zero-order chi connectivity index (χ0) is 12.6. The largest absolute Gasteiger partial charge is 0.507 e. The van der Waals surface area contributed by atoms with Crippen LogP contribution in [0.5, 0.6) is 5.75 Å². The van der Waals surface area contributed by atoms with Crippen molar-refractivity contribution in [3.8, 4) is 5.75 Å². The minimum absolute atomic E-state index is 0.00659. The van der Waals surface area contributed by atoms with Crippen LogP contribution in [0.25, 0.3) is 10.9 Å². The molecule has 0 unspecified atom stereocenters. The third kappa shape index (κ3) is 1.80. The van der Waals surface area contributed by atoms with E-state index in [9.17, 15) is 14.7 Å². The first-order valence-corrected chi connectivity index (χ1v) is 5.23. The summed E-state index contributed by atoms with van der Waals surface area (Å²) in [7, 11) is 0. The van der Waals surface area contributed by atoms with Gasteiger partial charge in [0.1, 0.15) is 5.75 Å². The van der Waals surface area contributed by atoms with Crippen molar-refractivity contribution in [2.75, 3.05) is 0 Å². The van der Waals surface area contributed by atoms with Crippen LogP contribution in [0, 0.1) is 0 Å². The molecule has 0 atom stereocenters. The molecule has 0 aliphatic carbocycles. The Bertz CT molecular complexity index is 644. The molecule has 0 aliphatic heterocycles. The molecule has 1 aromatic carbocycles. The number of aromatic nitrogens is 2. The van der Waals surface area contributed by atoms with Crippen molar-refractivity contribution < 1.29 is 9.90 Å². The first kappa shape index (κ1) is 11.3. The van der Waals surface area contributed by atoms with E-state index in [2.05, 4.69) is 4.98 Å². The third-order valence-corrected chi connectivity index (χ3v) is 2.61. The molecule has 0 fully saturated rings. The Morgan fingerprint density at radius 3 is 2.71 bits per heavy atom. The number of hydrogen-bond acceptors (Lipinski definition) is 4. The Hall–Kier alpha value is -2.17. The lowest BCUT2D eigenvalue weighted by molar-refractivity contribution is 0.112. The van der Waals surface area contributed by atoms with Crippen molar-refractivity contribution in [3.05, 3.63) is 34.4 Å². The molecule has 0 bridgehead atoms. The van der Waals surface area contributed by atoms with Gasteiger partial charge in [0.2, 0.25) is 0 Å². The Kier molecular flexibility index (Phi) is 2.67. The molecule has 0 radical (unpaired) electrons. The zero-order valence-corrected chi connectivity index (χ0v) is 9.54. The van der Waals surface area contributed by atoms with Crippen molar-refractivity contribution in [2.45, 2.75) is 19.9 Å². The van der Waals surface area contributed by atoms with Gasteiger partial charge < -0.3 is 5.11 Å². The number of carbonyl (C=O) groups excluding carboxylic acids is 1. The first-order chi connectivity index (χ1) is 8.04. The predicted molar refractivity (Wildman–Crippen MR) is 63.4 cm³/mol. The van der Waals surface area contributed by atoms with E-state index in [0.717, 1.165) is 0 Å². The van der Waals surface area contributed by atoms with Crippen LogP contribution in [0.1, 0.15) is 30.2 Å². The van der Waals surface area contributed by atoms with Gasteiger partial charge in [-0.05, 0) is 19.9 Å². The molecule has 0 saturated carbocycles. The van der Waals surface area contributed by atoms with E-state index in [1.54, 1.807) is 0 Å². The molecule has 17 heavy (non-hydrogen) atoms. The SMILES string of the molecule is CC(C)n1cnc2cc(O)c(C=O)cc2c1=O. The van der Waals surface area contributed by atoms with Gasteiger partial charge in [0.15, 0.2) is 6.29 Å². The summed E-state index contributed by atoms with van der Waals surface area (Å²) in [6.45, 7) is 3.74. The highest BCUT2D eigenvalue weighted by molar-refractivity contribution is 5.89. The monoisotopic (exact) mass is 232 g/mol. The molecule has 2 rings (SSSR count). The standard InChI is InChI=1S/C12H12N2O3/c1-7(2)14-6-13-10-4-11(16)8(5-15)3-9(10)12(14)17/h3-7,16H,1-2H3. The van der Waals surface area contributed by atoms with Gasteiger partial charge in [0.25, 0.3) is 5.56 Å². The summed E-state index contributed by atoms with van der Waals surface area (Å²) in [5.74, 6) is -0.165. The number of hydrogen-bond donors (Lipinski definition) is 1. The van der Waals surface area contributed by atoms with Gasteiger partial charge >= 0.3 is 0 Å². The lowest BCUT2D eigenvalue weighted by atomic mass is 10.1. The van der Waals surface area contributed by atoms with Crippen LogP contribution in [-0.4, -0.2) is 20.9 Å². The van der Waals surface area contributed by atoms with Crippen LogP contribution in [-0.2, 0) is 0 Å². The Balaban J connectivity index is 2.85. The number of nitrogens with zero attached hydrogens (tertiary/aromatic N) is 2. The summed E-state index contributed by atoms with van der Waals surface area (Å²) in [4.78, 5) is 26.9. The van der Waals surface area contributed by atoms with Gasteiger partial charge in [-0.1, -0.05) is 0 Å². The molecule has 2 aromatic rings. The summed E-state index contributed by atoms with van der Waals surface area (Å²) >= 11 is 0. The van der Waals surface area contributed by atoms with Crippen molar-refractivity contribution >= 4 is 17.2 Å². The van der Waals surface area contributed by atoms with Gasteiger partial charge in [0, 0.05) is 12.1 Å². The Morgan fingerprint density at radius 1 is 1.41 bits per heavy atom. The predicted octanol–water partition coefficient (Wildman–Crippen LogP) is 1.50. The molecule has 1 aromatic heterocycles. The van der Waals surface area contributed by atoms with E-state index in [1.165, 1.54) is 23.0 Å². The Labute approximate surface area is 97.3 Å². The summed E-state index contributed by atoms with van der Waals surface area (Å²) < 4.78 is 1.48. The van der Waals surface area contributed by atoms with Gasteiger partial charge in [-0.2, -0.15) is 0 Å². The lowest BCUT2D eigenvalue weighted by Crippen LogP contribution is -2.22. The molecule has 1 N–H and O–H groups in total. The molecule has 5 nitrogen and oxygen atoms in total. The average molecular weight is 232 g/mol. The minimum Gasteiger partial charge on any atom is -0.507 e. The molecule has 5 heteroatoms. The fourth-order valence-corrected chi connectivity index (χ4v) is 1.65. The van der Waals surface area contributed by atoms with Gasteiger partial charge in [-0.3, -0.25) is 14.2 Å². The van der Waals surface area contributed by atoms with Crippen LogP contribution in [0.4, 0.5) is 0 Å². The molecule has 0 saturated heterocycles. The van der Waals surface area contributed by atoms with Crippen molar-refractivity contribution in [1.82, 2.24) is 9.55 Å². The maximum atomic E-state index is 12.1. The summed E-state index contributed by atoms with van der Waals surface area (Å²) in [6.07, 6.45) is 1.95. The summed E-state index contributed by atoms with van der Waals surface area (Å²) in [5.41, 5.74) is 0.265. The lowest BCUT2D eigenvalue weighted by Gasteiger charge is -2.10. The Morgan fingerprint density at radius 2 is 2.12 bits per heavy atom. The molecular formula is C12H12N2O3. The van der Waals surface area contributed by atoms with Crippen molar-refractivity contribution in [2.24, 2.45) is 0 Å². The maximum absolute atomic E-state index is 12.1. The van der Waals surface area contributed by atoms with Crippen LogP contribution >= 0.6 is 0 Å². The van der Waals surface area contributed by atoms with Crippen LogP contribution in [0.2, 0.25) is 0 Å². The number of benzene rings is 1. The van der Waals surface area contributed by atoms with E-state index in [0.29, 0.717) is 17.2 Å². The van der Waals surface area contributed by atoms with E-state index in [-0.39, 0.29) is 22.9 Å². The van der Waals surface area contributed by atoms with Crippen molar-refractivity contribution in [3.63, 3.8) is 0 Å². The number of fused-ring (bicyclic) bond motifs is 1. The number of phenols is 1. The second kappa shape index (κ2) is 4.01. The van der Waals surface area contributed by atoms with Crippen LogP contribution < -0.4 is 5.56 Å². The van der Waals surface area contributed by atoms with E-state index < -0.39 is 0 Å². The first-order valence-electron chi connectivity index (χ1n) is 5.23. The summed E-state index contributed by atoms with van der Waals surface area (Å²) in [5, 5.41) is 9.83. The fourth-order valence-electron chi connectivity index (χ4n) is 1.65. The summed E-state index contributed by atoms with van der Waals surface area (Å²) in [6, 6.07) is 2.68. The van der Waals surface area contributed by atoms with Gasteiger partial charge in [-0.25, -0.2) is 4.98 Å². The normalized spacial score (nSPS) is 11.0. The topological polar surface area (TPSA) is 72.2 Å². The molecule has 0 spiro atoms. The highest BCUT2D eigenvalue weighted by atomic mass is 16.3. The zero-order valence-electron chi connectivity index (χ0n) is 9.54. The molecule has 1 heterocycles. The second-order valence-corrected chi connectivity index (χ2v) is 4.10. The molecular weight excluding hydrogens is 220 g/mol. The quantitative estimate of drug-likeness (QED) is 0.796. The number of aromatic hydroxyl groups is 1. The number of phenolic OH excluding ortho intramolecular Hbond substituents is 1.